The van der Waals surface area contributed by atoms with Crippen LogP contribution in [0, 0.1) is 0 Å². The molecule has 0 saturated heterocycles. The van der Waals surface area contributed by atoms with Crippen molar-refractivity contribution in [2.24, 2.45) is 0 Å². The van der Waals surface area contributed by atoms with E-state index in [2.05, 4.69) is 26.0 Å². The van der Waals surface area contributed by atoms with Gasteiger partial charge < -0.3 is 4.74 Å². The summed E-state index contributed by atoms with van der Waals surface area (Å²) in [7, 11) is 0. The van der Waals surface area contributed by atoms with Gasteiger partial charge in [-0.15, -0.1) is 0 Å². The van der Waals surface area contributed by atoms with Crippen molar-refractivity contribution in [3.8, 4) is 0 Å². The van der Waals surface area contributed by atoms with Crippen LogP contribution in [-0.2, 0) is 4.74 Å². The average molecular weight is 362 g/mol. The monoisotopic (exact) mass is 361 g/mol. The van der Waals surface area contributed by atoms with Crippen LogP contribution >= 0.6 is 15.9 Å². The van der Waals surface area contributed by atoms with E-state index in [-0.39, 0.29) is 28.2 Å². The fourth-order valence-electron chi connectivity index (χ4n) is 2.05. The molecule has 2 aromatic heterocycles. The number of hydrogen-bond acceptors (Lipinski definition) is 4. The maximum atomic E-state index is 13.0. The predicted molar refractivity (Wildman–Crippen MR) is 75.7 cm³/mol. The van der Waals surface area contributed by atoms with E-state index in [1.807, 2.05) is 13.8 Å². The summed E-state index contributed by atoms with van der Waals surface area (Å²) in [6.07, 6.45) is -1.39. The van der Waals surface area contributed by atoms with Gasteiger partial charge in [0.15, 0.2) is 5.65 Å². The molecule has 8 heteroatoms. The molecule has 21 heavy (non-hydrogen) atoms. The molecule has 0 N–H and O–H groups in total. The van der Waals surface area contributed by atoms with Crippen LogP contribution in [0.25, 0.3) is 5.65 Å². The van der Waals surface area contributed by atoms with E-state index in [9.17, 15) is 13.6 Å². The van der Waals surface area contributed by atoms with Crippen LogP contribution < -0.4 is 0 Å². The first-order chi connectivity index (χ1) is 9.88. The Balaban J connectivity index is 2.74. The summed E-state index contributed by atoms with van der Waals surface area (Å²) in [5.74, 6) is -0.659. The van der Waals surface area contributed by atoms with Crippen molar-refractivity contribution < 1.29 is 18.3 Å². The largest absolute Gasteiger partial charge is 0.462 e. The molecule has 2 aromatic rings. The van der Waals surface area contributed by atoms with Crippen LogP contribution in [0.1, 0.15) is 54.9 Å². The number of fused-ring (bicyclic) bond motifs is 1. The van der Waals surface area contributed by atoms with Gasteiger partial charge in [-0.1, -0.05) is 13.8 Å². The van der Waals surface area contributed by atoms with Crippen LogP contribution in [0.2, 0.25) is 0 Å². The molecule has 0 fully saturated rings. The number of aromatic nitrogens is 3. The zero-order valence-electron chi connectivity index (χ0n) is 11.7. The molecule has 0 spiro atoms. The molecule has 0 aliphatic rings. The zero-order chi connectivity index (χ0) is 15.7. The highest BCUT2D eigenvalue weighted by molar-refractivity contribution is 9.10. The third-order valence-corrected chi connectivity index (χ3v) is 3.66. The first-order valence-electron chi connectivity index (χ1n) is 6.40. The Morgan fingerprint density at radius 2 is 2.14 bits per heavy atom. The first-order valence-corrected chi connectivity index (χ1v) is 7.20. The van der Waals surface area contributed by atoms with E-state index in [1.165, 1.54) is 10.7 Å². The van der Waals surface area contributed by atoms with Gasteiger partial charge in [-0.2, -0.15) is 5.10 Å². The summed E-state index contributed by atoms with van der Waals surface area (Å²) in [5.41, 5.74) is 0.577. The summed E-state index contributed by atoms with van der Waals surface area (Å²) in [6, 6.07) is 0. The van der Waals surface area contributed by atoms with Gasteiger partial charge in [0.05, 0.1) is 22.3 Å². The number of hydrogen-bond donors (Lipinski definition) is 0. The highest BCUT2D eigenvalue weighted by Gasteiger charge is 2.25. The Kier molecular flexibility index (Phi) is 4.55. The molecule has 0 bridgehead atoms. The molecule has 0 aliphatic heterocycles. The van der Waals surface area contributed by atoms with E-state index in [1.54, 1.807) is 6.92 Å². The second-order valence-electron chi connectivity index (χ2n) is 4.67. The normalized spacial score (nSPS) is 11.6. The van der Waals surface area contributed by atoms with Gasteiger partial charge in [0.1, 0.15) is 5.69 Å². The van der Waals surface area contributed by atoms with Crippen LogP contribution in [-0.4, -0.2) is 27.2 Å². The Labute approximate surface area is 128 Å². The van der Waals surface area contributed by atoms with Gasteiger partial charge in [-0.25, -0.2) is 23.1 Å². The second-order valence-corrected chi connectivity index (χ2v) is 5.46. The number of rotatable bonds is 4. The van der Waals surface area contributed by atoms with E-state index >= 15 is 0 Å². The van der Waals surface area contributed by atoms with Crippen LogP contribution in [0.15, 0.2) is 10.7 Å². The summed E-state index contributed by atoms with van der Waals surface area (Å²) in [4.78, 5) is 16.0. The van der Waals surface area contributed by atoms with Gasteiger partial charge in [0.25, 0.3) is 6.43 Å². The fourth-order valence-corrected chi connectivity index (χ4v) is 2.58. The summed E-state index contributed by atoms with van der Waals surface area (Å²) in [5, 5.41) is 3.89. The number of halogens is 3. The minimum atomic E-state index is -2.73. The van der Waals surface area contributed by atoms with Crippen LogP contribution in [0.5, 0.6) is 0 Å². The molecule has 2 heterocycles. The maximum absolute atomic E-state index is 13.0. The Hall–Kier alpha value is -1.57. The van der Waals surface area contributed by atoms with Crippen molar-refractivity contribution in [2.45, 2.75) is 33.1 Å². The Bertz CT molecular complexity index is 686. The molecule has 0 unspecified atom stereocenters. The standard InChI is InChI=1S/C13H14BrF2N3O2/c1-4-21-13(20)7-5-17-12-8(14)9(11(15)16)18-19(12)10(7)6(2)3/h5-6,11H,4H2,1-3H3. The van der Waals surface area contributed by atoms with Gasteiger partial charge in [0.2, 0.25) is 0 Å². The van der Waals surface area contributed by atoms with E-state index in [0.717, 1.165) is 0 Å². The highest BCUT2D eigenvalue weighted by Crippen LogP contribution is 2.31. The van der Waals surface area contributed by atoms with Gasteiger partial charge in [0, 0.05) is 6.20 Å². The van der Waals surface area contributed by atoms with Gasteiger partial charge in [-0.3, -0.25) is 0 Å². The number of ether oxygens (including phenoxy) is 1. The maximum Gasteiger partial charge on any atom is 0.341 e. The Morgan fingerprint density at radius 3 is 2.67 bits per heavy atom. The van der Waals surface area contributed by atoms with Gasteiger partial charge >= 0.3 is 5.97 Å². The number of alkyl halides is 2. The quantitative estimate of drug-likeness (QED) is 0.778. The Morgan fingerprint density at radius 1 is 1.48 bits per heavy atom. The fraction of sp³-hybridized carbons (Fsp3) is 0.462. The average Bonchev–Trinajstić information content (AvgIpc) is 2.75. The molecule has 0 aromatic carbocycles. The molecule has 0 amide bonds. The van der Waals surface area contributed by atoms with Gasteiger partial charge in [-0.05, 0) is 28.8 Å². The summed E-state index contributed by atoms with van der Waals surface area (Å²) in [6.45, 7) is 5.60. The zero-order valence-corrected chi connectivity index (χ0v) is 13.3. The molecule has 0 saturated carbocycles. The minimum absolute atomic E-state index is 0.118. The molecule has 0 aliphatic carbocycles. The van der Waals surface area contributed by atoms with Crippen molar-refractivity contribution >= 4 is 27.5 Å². The SMILES string of the molecule is CCOC(=O)c1cnc2c(Br)c(C(F)F)nn2c1C(C)C. The molecule has 5 nitrogen and oxygen atoms in total. The predicted octanol–water partition coefficient (Wildman–Crippen LogP) is 3.73. The van der Waals surface area contributed by atoms with E-state index in [0.29, 0.717) is 5.69 Å². The van der Waals surface area contributed by atoms with Crippen molar-refractivity contribution in [2.75, 3.05) is 6.61 Å². The second kappa shape index (κ2) is 6.05. The highest BCUT2D eigenvalue weighted by atomic mass is 79.9. The molecular weight excluding hydrogens is 348 g/mol. The lowest BCUT2D eigenvalue weighted by Crippen LogP contribution is -2.14. The molecule has 0 radical (unpaired) electrons. The molecule has 2 rings (SSSR count). The summed E-state index contributed by atoms with van der Waals surface area (Å²) >= 11 is 3.09. The number of carbonyl (C=O) groups is 1. The topological polar surface area (TPSA) is 56.5 Å². The van der Waals surface area contributed by atoms with E-state index < -0.39 is 18.1 Å². The minimum Gasteiger partial charge on any atom is -0.462 e. The lowest BCUT2D eigenvalue weighted by Gasteiger charge is -2.13. The number of nitrogens with zero attached hydrogens (tertiary/aromatic N) is 3. The molecule has 114 valence electrons. The lowest BCUT2D eigenvalue weighted by atomic mass is 10.1. The molecule has 0 atom stereocenters. The van der Waals surface area contributed by atoms with Crippen LogP contribution in [0.4, 0.5) is 8.78 Å². The third-order valence-electron chi connectivity index (χ3n) is 2.90. The van der Waals surface area contributed by atoms with E-state index in [4.69, 9.17) is 4.74 Å². The molecular formula is C13H14BrF2N3O2. The lowest BCUT2D eigenvalue weighted by molar-refractivity contribution is 0.0523. The van der Waals surface area contributed by atoms with Crippen molar-refractivity contribution in [1.82, 2.24) is 14.6 Å². The summed E-state index contributed by atoms with van der Waals surface area (Å²) < 4.78 is 32.3. The first kappa shape index (κ1) is 15.8. The van der Waals surface area contributed by atoms with Crippen molar-refractivity contribution in [3.05, 3.63) is 27.6 Å². The smallest absolute Gasteiger partial charge is 0.341 e. The van der Waals surface area contributed by atoms with Crippen molar-refractivity contribution in [3.63, 3.8) is 0 Å². The van der Waals surface area contributed by atoms with Crippen molar-refractivity contribution in [1.29, 1.82) is 0 Å². The third kappa shape index (κ3) is 2.76. The number of carbonyl (C=O) groups excluding carboxylic acids is 1. The number of esters is 1. The van der Waals surface area contributed by atoms with Crippen LogP contribution in [0.3, 0.4) is 0 Å².